The number of alkyl halides is 1. The Morgan fingerprint density at radius 2 is 1.70 bits per heavy atom. The maximum absolute atomic E-state index is 14.1. The highest BCUT2D eigenvalue weighted by Gasteiger charge is 2.67. The maximum Gasteiger partial charge on any atom is 0.134 e. The Morgan fingerprint density at radius 3 is 2.20 bits per heavy atom. The fraction of sp³-hybridized carbons (Fsp3) is 0.625. The lowest BCUT2D eigenvalue weighted by Crippen LogP contribution is -2.08. The number of fused-ring (bicyclic) bond motifs is 5. The van der Waals surface area contributed by atoms with Crippen molar-refractivity contribution in [3.63, 3.8) is 0 Å². The zero-order valence-electron chi connectivity index (χ0n) is 11.3. The summed E-state index contributed by atoms with van der Waals surface area (Å²) in [6.07, 6.45) is 3.86. The van der Waals surface area contributed by atoms with Crippen LogP contribution < -0.4 is 4.74 Å². The average molecular weight is 299 g/mol. The van der Waals surface area contributed by atoms with Crippen molar-refractivity contribution in [2.75, 3.05) is 7.11 Å². The smallest absolute Gasteiger partial charge is 0.134 e. The van der Waals surface area contributed by atoms with Gasteiger partial charge in [0.2, 0.25) is 0 Å². The van der Waals surface area contributed by atoms with Crippen LogP contribution in [0.2, 0.25) is 0 Å². The minimum atomic E-state index is -0.584. The molecule has 5 unspecified atom stereocenters. The van der Waals surface area contributed by atoms with Crippen molar-refractivity contribution >= 4 is 11.6 Å². The second-order valence-electron chi connectivity index (χ2n) is 6.47. The van der Waals surface area contributed by atoms with Gasteiger partial charge in [0.25, 0.3) is 0 Å². The van der Waals surface area contributed by atoms with E-state index >= 15 is 0 Å². The van der Waals surface area contributed by atoms with Gasteiger partial charge in [0, 0.05) is 17.7 Å². The molecule has 0 saturated heterocycles. The van der Waals surface area contributed by atoms with E-state index in [9.17, 15) is 8.78 Å². The molecule has 1 nitrogen and oxygen atoms in total. The molecule has 0 amide bonds. The number of methoxy groups -OCH3 is 1. The van der Waals surface area contributed by atoms with Gasteiger partial charge in [-0.25, -0.2) is 8.78 Å². The summed E-state index contributed by atoms with van der Waals surface area (Å²) >= 11 is 6.45. The lowest BCUT2D eigenvalue weighted by Gasteiger charge is -2.16. The van der Waals surface area contributed by atoms with Crippen molar-refractivity contribution in [1.82, 2.24) is 0 Å². The van der Waals surface area contributed by atoms with Gasteiger partial charge in [0.05, 0.1) is 12.5 Å². The van der Waals surface area contributed by atoms with Gasteiger partial charge in [-0.05, 0) is 48.9 Å². The van der Waals surface area contributed by atoms with Crippen molar-refractivity contribution in [3.05, 3.63) is 29.3 Å². The first kappa shape index (κ1) is 12.9. The Morgan fingerprint density at radius 1 is 1.15 bits per heavy atom. The highest BCUT2D eigenvalue weighted by molar-refractivity contribution is 6.21. The Balaban J connectivity index is 1.63. The number of ether oxygens (including phenoxy) is 1. The van der Waals surface area contributed by atoms with Gasteiger partial charge in [-0.2, -0.15) is 0 Å². The molecule has 0 N–H and O–H groups in total. The molecular formula is C16H17ClF2O. The van der Waals surface area contributed by atoms with Crippen molar-refractivity contribution in [2.45, 2.75) is 24.6 Å². The molecule has 3 fully saturated rings. The molecule has 0 heterocycles. The summed E-state index contributed by atoms with van der Waals surface area (Å²) in [5, 5.41) is -0.542. The van der Waals surface area contributed by atoms with Crippen LogP contribution in [-0.2, 0) is 0 Å². The highest BCUT2D eigenvalue weighted by atomic mass is 35.5. The third-order valence-corrected chi connectivity index (χ3v) is 6.21. The van der Waals surface area contributed by atoms with Gasteiger partial charge >= 0.3 is 0 Å². The fourth-order valence-corrected chi connectivity index (χ4v) is 5.46. The second kappa shape index (κ2) is 4.33. The first-order valence-electron chi connectivity index (χ1n) is 7.28. The summed E-state index contributed by atoms with van der Waals surface area (Å²) in [7, 11) is 1.40. The standard InChI is InChI=1S/C16H17ClF2O/c1-20-9-5-10(18)14(11(19)6-9)16(17)15-12-7-2-3-8(4-7)13(12)15/h5-8,12-13,15-16H,2-4H2,1H3. The lowest BCUT2D eigenvalue weighted by molar-refractivity contribution is 0.401. The van der Waals surface area contributed by atoms with Crippen molar-refractivity contribution in [2.24, 2.45) is 29.6 Å². The monoisotopic (exact) mass is 298 g/mol. The van der Waals surface area contributed by atoms with Crippen LogP contribution in [-0.4, -0.2) is 7.11 Å². The molecule has 3 saturated carbocycles. The van der Waals surface area contributed by atoms with E-state index in [-0.39, 0.29) is 17.2 Å². The van der Waals surface area contributed by atoms with Crippen LogP contribution in [0.5, 0.6) is 5.75 Å². The molecule has 1 aromatic rings. The van der Waals surface area contributed by atoms with Crippen molar-refractivity contribution < 1.29 is 13.5 Å². The molecule has 0 spiro atoms. The van der Waals surface area contributed by atoms with Crippen LogP contribution in [0.15, 0.2) is 12.1 Å². The number of rotatable bonds is 3. The van der Waals surface area contributed by atoms with Crippen LogP contribution >= 0.6 is 11.6 Å². The first-order chi connectivity index (χ1) is 9.61. The van der Waals surface area contributed by atoms with E-state index in [1.54, 1.807) is 0 Å². The largest absolute Gasteiger partial charge is 0.497 e. The molecule has 3 aliphatic rings. The van der Waals surface area contributed by atoms with Gasteiger partial charge < -0.3 is 4.74 Å². The SMILES string of the molecule is COc1cc(F)c(C(Cl)C2C3C4CCC(C4)C32)c(F)c1. The molecule has 5 atom stereocenters. The minimum absolute atomic E-state index is 0.0336. The topological polar surface area (TPSA) is 9.23 Å². The quantitative estimate of drug-likeness (QED) is 0.744. The van der Waals surface area contributed by atoms with E-state index in [4.69, 9.17) is 16.3 Å². The predicted octanol–water partition coefficient (Wildman–Crippen LogP) is 4.55. The van der Waals surface area contributed by atoms with Gasteiger partial charge in [-0.15, -0.1) is 11.6 Å². The van der Waals surface area contributed by atoms with Crippen LogP contribution in [0, 0.1) is 41.2 Å². The molecule has 0 aromatic heterocycles. The van der Waals surface area contributed by atoms with E-state index in [1.165, 1.54) is 38.5 Å². The van der Waals surface area contributed by atoms with Crippen LogP contribution in [0.1, 0.15) is 30.2 Å². The third kappa shape index (κ3) is 1.65. The molecular weight excluding hydrogens is 282 g/mol. The van der Waals surface area contributed by atoms with Crippen LogP contribution in [0.3, 0.4) is 0 Å². The molecule has 0 radical (unpaired) electrons. The van der Waals surface area contributed by atoms with Gasteiger partial charge in [-0.1, -0.05) is 0 Å². The molecule has 108 valence electrons. The second-order valence-corrected chi connectivity index (χ2v) is 6.94. The maximum atomic E-state index is 14.1. The number of hydrogen-bond donors (Lipinski definition) is 0. The molecule has 4 rings (SSSR count). The minimum Gasteiger partial charge on any atom is -0.497 e. The van der Waals surface area contributed by atoms with Crippen molar-refractivity contribution in [3.8, 4) is 5.75 Å². The van der Waals surface area contributed by atoms with E-state index < -0.39 is 17.0 Å². The van der Waals surface area contributed by atoms with E-state index in [2.05, 4.69) is 0 Å². The Kier molecular flexibility index (Phi) is 2.79. The Labute approximate surface area is 122 Å². The molecule has 1 aromatic carbocycles. The van der Waals surface area contributed by atoms with Gasteiger partial charge in [0.1, 0.15) is 17.4 Å². The third-order valence-electron chi connectivity index (χ3n) is 5.70. The molecule has 4 heteroatoms. The Hall–Kier alpha value is -0.830. The van der Waals surface area contributed by atoms with Gasteiger partial charge in [0.15, 0.2) is 0 Å². The average Bonchev–Trinajstić information content (AvgIpc) is 2.86. The highest BCUT2D eigenvalue weighted by Crippen LogP contribution is 2.73. The zero-order valence-corrected chi connectivity index (χ0v) is 12.0. The summed E-state index contributed by atoms with van der Waals surface area (Å²) in [6, 6.07) is 2.45. The van der Waals surface area contributed by atoms with E-state index in [0.717, 1.165) is 11.8 Å². The summed E-state index contributed by atoms with van der Waals surface area (Å²) < 4.78 is 33.1. The number of hydrogen-bond acceptors (Lipinski definition) is 1. The normalized spacial score (nSPS) is 38.7. The number of halogens is 3. The van der Waals surface area contributed by atoms with E-state index in [1.807, 2.05) is 0 Å². The summed E-state index contributed by atoms with van der Waals surface area (Å²) in [6.45, 7) is 0. The fourth-order valence-electron chi connectivity index (χ4n) is 4.92. The summed E-state index contributed by atoms with van der Waals surface area (Å²) in [4.78, 5) is 0. The Bertz CT molecular complexity index is 522. The van der Waals surface area contributed by atoms with Crippen molar-refractivity contribution in [1.29, 1.82) is 0 Å². The van der Waals surface area contributed by atoms with Gasteiger partial charge in [-0.3, -0.25) is 0 Å². The zero-order chi connectivity index (χ0) is 14.0. The molecule has 2 bridgehead atoms. The lowest BCUT2D eigenvalue weighted by atomic mass is 9.96. The number of benzene rings is 1. The molecule has 3 aliphatic carbocycles. The first-order valence-corrected chi connectivity index (χ1v) is 7.72. The summed E-state index contributed by atoms with van der Waals surface area (Å²) in [5.74, 6) is 2.01. The van der Waals surface area contributed by atoms with Crippen LogP contribution in [0.4, 0.5) is 8.78 Å². The molecule has 20 heavy (non-hydrogen) atoms. The predicted molar refractivity (Wildman–Crippen MR) is 72.8 cm³/mol. The summed E-state index contributed by atoms with van der Waals surface area (Å²) in [5.41, 5.74) is 0.0336. The van der Waals surface area contributed by atoms with Crippen LogP contribution in [0.25, 0.3) is 0 Å². The molecule has 0 aliphatic heterocycles. The van der Waals surface area contributed by atoms with E-state index in [0.29, 0.717) is 11.8 Å².